The van der Waals surface area contributed by atoms with Crippen molar-refractivity contribution in [3.05, 3.63) is 35.6 Å². The van der Waals surface area contributed by atoms with Gasteiger partial charge in [-0.25, -0.2) is 4.39 Å². The van der Waals surface area contributed by atoms with Crippen molar-refractivity contribution in [2.45, 2.75) is 39.7 Å². The van der Waals surface area contributed by atoms with E-state index in [1.165, 1.54) is 12.1 Å². The van der Waals surface area contributed by atoms with Gasteiger partial charge in [-0.05, 0) is 36.5 Å². The number of morpholine rings is 1. The van der Waals surface area contributed by atoms with E-state index >= 15 is 0 Å². The molecule has 1 aromatic rings. The number of amides is 2. The average Bonchev–Trinajstić information content (AvgIpc) is 2.62. The molecule has 0 radical (unpaired) electrons. The molecule has 1 fully saturated rings. The normalized spacial score (nSPS) is 17.0. The zero-order valence-corrected chi connectivity index (χ0v) is 15.8. The summed E-state index contributed by atoms with van der Waals surface area (Å²) in [6, 6.07) is 5.64. The predicted octanol–water partition coefficient (Wildman–Crippen LogP) is 2.39. The van der Waals surface area contributed by atoms with Gasteiger partial charge in [0.1, 0.15) is 11.9 Å². The van der Waals surface area contributed by atoms with Gasteiger partial charge in [0.05, 0.1) is 13.2 Å². The largest absolute Gasteiger partial charge is 0.378 e. The second kappa shape index (κ2) is 9.67. The number of nitrogens with zero attached hydrogens (tertiary/aromatic N) is 1. The van der Waals surface area contributed by atoms with Gasteiger partial charge in [0.2, 0.25) is 11.8 Å². The first-order chi connectivity index (χ1) is 12.4. The van der Waals surface area contributed by atoms with Crippen molar-refractivity contribution in [2.75, 3.05) is 26.3 Å². The van der Waals surface area contributed by atoms with E-state index in [1.807, 2.05) is 20.8 Å². The number of halogens is 1. The summed E-state index contributed by atoms with van der Waals surface area (Å²) in [5, 5.41) is 2.93. The molecule has 1 aliphatic rings. The minimum Gasteiger partial charge on any atom is -0.378 e. The third kappa shape index (κ3) is 6.09. The lowest BCUT2D eigenvalue weighted by Crippen LogP contribution is -2.53. The highest BCUT2D eigenvalue weighted by Gasteiger charge is 2.29. The molecular formula is C20H29FN2O3. The first kappa shape index (κ1) is 20.4. The quantitative estimate of drug-likeness (QED) is 0.808. The van der Waals surface area contributed by atoms with E-state index < -0.39 is 6.04 Å². The molecule has 6 heteroatoms. The summed E-state index contributed by atoms with van der Waals surface area (Å²) in [4.78, 5) is 27.2. The molecule has 5 nitrogen and oxygen atoms in total. The maximum Gasteiger partial charge on any atom is 0.245 e. The summed E-state index contributed by atoms with van der Waals surface area (Å²) < 4.78 is 18.3. The Morgan fingerprint density at radius 1 is 1.15 bits per heavy atom. The second-order valence-corrected chi connectivity index (χ2v) is 7.36. The fourth-order valence-corrected chi connectivity index (χ4v) is 3.08. The minimum absolute atomic E-state index is 0.0377. The fraction of sp³-hybridized carbons (Fsp3) is 0.600. The summed E-state index contributed by atoms with van der Waals surface area (Å²) in [5.74, 6) is -0.491. The van der Waals surface area contributed by atoms with Gasteiger partial charge in [0, 0.05) is 19.0 Å². The van der Waals surface area contributed by atoms with Gasteiger partial charge in [-0.2, -0.15) is 0 Å². The number of nitrogens with one attached hydrogen (secondary N) is 1. The minimum atomic E-state index is -0.517. The topological polar surface area (TPSA) is 58.6 Å². The highest BCUT2D eigenvalue weighted by atomic mass is 19.1. The van der Waals surface area contributed by atoms with E-state index in [2.05, 4.69) is 5.32 Å². The zero-order chi connectivity index (χ0) is 19.1. The Hall–Kier alpha value is -1.95. The summed E-state index contributed by atoms with van der Waals surface area (Å²) >= 11 is 0. The van der Waals surface area contributed by atoms with E-state index in [-0.39, 0.29) is 29.5 Å². The van der Waals surface area contributed by atoms with Gasteiger partial charge >= 0.3 is 0 Å². The number of benzene rings is 1. The van der Waals surface area contributed by atoms with E-state index in [1.54, 1.807) is 17.0 Å². The van der Waals surface area contributed by atoms with Crippen LogP contribution in [0.1, 0.15) is 32.8 Å². The van der Waals surface area contributed by atoms with Crippen LogP contribution in [0, 0.1) is 17.7 Å². The molecule has 144 valence electrons. The van der Waals surface area contributed by atoms with Crippen molar-refractivity contribution in [1.29, 1.82) is 0 Å². The number of hydrogen-bond donors (Lipinski definition) is 1. The Morgan fingerprint density at radius 3 is 2.35 bits per heavy atom. The molecule has 2 atom stereocenters. The van der Waals surface area contributed by atoms with E-state index in [9.17, 15) is 14.0 Å². The van der Waals surface area contributed by atoms with Gasteiger partial charge in [0.15, 0.2) is 0 Å². The Morgan fingerprint density at radius 2 is 1.77 bits per heavy atom. The average molecular weight is 364 g/mol. The van der Waals surface area contributed by atoms with Gasteiger partial charge in [-0.15, -0.1) is 0 Å². The van der Waals surface area contributed by atoms with Gasteiger partial charge in [-0.1, -0.05) is 32.9 Å². The van der Waals surface area contributed by atoms with Crippen molar-refractivity contribution in [2.24, 2.45) is 11.8 Å². The van der Waals surface area contributed by atoms with Crippen LogP contribution in [-0.4, -0.2) is 49.1 Å². The number of hydrogen-bond acceptors (Lipinski definition) is 3. The Labute approximate surface area is 154 Å². The number of carbonyl (C=O) groups excluding carboxylic acids is 2. The maximum absolute atomic E-state index is 13.0. The van der Waals surface area contributed by atoms with Gasteiger partial charge < -0.3 is 15.0 Å². The molecule has 2 rings (SSSR count). The van der Waals surface area contributed by atoms with Crippen molar-refractivity contribution in [3.63, 3.8) is 0 Å². The molecule has 26 heavy (non-hydrogen) atoms. The fourth-order valence-electron chi connectivity index (χ4n) is 3.08. The molecule has 0 aliphatic carbocycles. The molecular weight excluding hydrogens is 335 g/mol. The van der Waals surface area contributed by atoms with Crippen molar-refractivity contribution in [3.8, 4) is 0 Å². The van der Waals surface area contributed by atoms with E-state index in [0.717, 1.165) is 5.56 Å². The molecule has 1 heterocycles. The summed E-state index contributed by atoms with van der Waals surface area (Å²) in [7, 11) is 0. The molecule has 1 aromatic carbocycles. The standard InChI is InChI=1S/C20H29FN2O3/c1-14(2)12-18(20(25)23-8-10-26-11-9-23)22-19(24)15(3)13-16-4-6-17(21)7-5-16/h4-7,14-15,18H,8-13H2,1-3H3,(H,22,24)/t15?,18-/m1/s1. The molecule has 1 aliphatic heterocycles. The number of ether oxygens (including phenoxy) is 1. The summed E-state index contributed by atoms with van der Waals surface area (Å²) in [6.45, 7) is 8.10. The van der Waals surface area contributed by atoms with Crippen LogP contribution >= 0.6 is 0 Å². The smallest absolute Gasteiger partial charge is 0.245 e. The first-order valence-corrected chi connectivity index (χ1v) is 9.28. The van der Waals surface area contributed by atoms with Crippen molar-refractivity contribution in [1.82, 2.24) is 10.2 Å². The number of carbonyl (C=O) groups is 2. The van der Waals surface area contributed by atoms with Crippen LogP contribution in [0.2, 0.25) is 0 Å². The zero-order valence-electron chi connectivity index (χ0n) is 15.8. The molecule has 0 bridgehead atoms. The van der Waals surface area contributed by atoms with E-state index in [4.69, 9.17) is 4.74 Å². The Balaban J connectivity index is 1.97. The third-order valence-corrected chi connectivity index (χ3v) is 4.55. The molecule has 1 N–H and O–H groups in total. The van der Waals surface area contributed by atoms with Crippen molar-refractivity contribution < 1.29 is 18.7 Å². The maximum atomic E-state index is 13.0. The van der Waals surface area contributed by atoms with Gasteiger partial charge in [-0.3, -0.25) is 9.59 Å². The highest BCUT2D eigenvalue weighted by Crippen LogP contribution is 2.13. The summed E-state index contributed by atoms with van der Waals surface area (Å²) in [5.41, 5.74) is 0.897. The molecule has 2 amide bonds. The monoisotopic (exact) mass is 364 g/mol. The Bertz CT molecular complexity index is 598. The van der Waals surface area contributed by atoms with Crippen LogP contribution in [0.25, 0.3) is 0 Å². The molecule has 0 aromatic heterocycles. The van der Waals surface area contributed by atoms with Crippen molar-refractivity contribution >= 4 is 11.8 Å². The van der Waals surface area contributed by atoms with Crippen LogP contribution in [0.5, 0.6) is 0 Å². The lowest BCUT2D eigenvalue weighted by molar-refractivity contribution is -0.141. The molecule has 0 spiro atoms. The van der Waals surface area contributed by atoms with Crippen LogP contribution in [0.15, 0.2) is 24.3 Å². The third-order valence-electron chi connectivity index (χ3n) is 4.55. The van der Waals surface area contributed by atoms with Gasteiger partial charge in [0.25, 0.3) is 0 Å². The highest BCUT2D eigenvalue weighted by molar-refractivity contribution is 5.88. The lowest BCUT2D eigenvalue weighted by atomic mass is 9.98. The first-order valence-electron chi connectivity index (χ1n) is 9.28. The van der Waals surface area contributed by atoms with Crippen LogP contribution in [0.3, 0.4) is 0 Å². The SMILES string of the molecule is CC(C)C[C@@H](NC(=O)C(C)Cc1ccc(F)cc1)C(=O)N1CCOCC1. The second-order valence-electron chi connectivity index (χ2n) is 7.36. The number of rotatable bonds is 7. The Kier molecular flexibility index (Phi) is 7.57. The molecule has 1 unspecified atom stereocenters. The van der Waals surface area contributed by atoms with Crippen LogP contribution < -0.4 is 5.32 Å². The lowest BCUT2D eigenvalue weighted by Gasteiger charge is -2.31. The molecule has 0 saturated carbocycles. The van der Waals surface area contributed by atoms with E-state index in [0.29, 0.717) is 39.1 Å². The summed E-state index contributed by atoms with van der Waals surface area (Å²) in [6.07, 6.45) is 1.11. The van der Waals surface area contributed by atoms with Crippen LogP contribution in [-0.2, 0) is 20.7 Å². The predicted molar refractivity (Wildman–Crippen MR) is 98.1 cm³/mol. The molecule has 1 saturated heterocycles. The van der Waals surface area contributed by atoms with Crippen LogP contribution in [0.4, 0.5) is 4.39 Å².